The molecule has 1 saturated heterocycles. The standard InChI is InChI=1S/C18H23N3OS/c1-14(19-18(22)20-15-8-3-2-4-9-15)17(16-10-7-13-23-16)21-11-5-6-12-21/h2-4,7-10,13-14,17H,5-6,11-12H2,1H3,(H2,19,20,22)/p+1/t14-,17+/m1/s1. The van der Waals surface area contributed by atoms with E-state index in [4.69, 9.17) is 0 Å². The van der Waals surface area contributed by atoms with Gasteiger partial charge >= 0.3 is 6.03 Å². The Morgan fingerprint density at radius 1 is 1.13 bits per heavy atom. The number of nitrogens with one attached hydrogen (secondary N) is 3. The lowest BCUT2D eigenvalue weighted by atomic mass is 10.1. The fourth-order valence-corrected chi connectivity index (χ4v) is 4.38. The quantitative estimate of drug-likeness (QED) is 0.775. The van der Waals surface area contributed by atoms with Gasteiger partial charge in [0.1, 0.15) is 6.04 Å². The number of rotatable bonds is 5. The van der Waals surface area contributed by atoms with Crippen molar-refractivity contribution in [2.24, 2.45) is 0 Å². The summed E-state index contributed by atoms with van der Waals surface area (Å²) in [7, 11) is 0. The van der Waals surface area contributed by atoms with Gasteiger partial charge in [0, 0.05) is 18.5 Å². The van der Waals surface area contributed by atoms with Gasteiger partial charge in [-0.15, -0.1) is 11.3 Å². The molecule has 1 fully saturated rings. The Labute approximate surface area is 141 Å². The van der Waals surface area contributed by atoms with Gasteiger partial charge in [0.2, 0.25) is 0 Å². The second kappa shape index (κ2) is 7.62. The number of hydrogen-bond acceptors (Lipinski definition) is 2. The van der Waals surface area contributed by atoms with Crippen LogP contribution in [0.15, 0.2) is 47.8 Å². The van der Waals surface area contributed by atoms with Gasteiger partial charge in [0.15, 0.2) is 0 Å². The molecule has 0 radical (unpaired) electrons. The van der Waals surface area contributed by atoms with Gasteiger partial charge < -0.3 is 15.5 Å². The summed E-state index contributed by atoms with van der Waals surface area (Å²) in [5.41, 5.74) is 0.818. The molecule has 4 nitrogen and oxygen atoms in total. The summed E-state index contributed by atoms with van der Waals surface area (Å²) in [6.07, 6.45) is 2.56. The number of quaternary nitrogens is 1. The van der Waals surface area contributed by atoms with E-state index in [2.05, 4.69) is 35.1 Å². The van der Waals surface area contributed by atoms with E-state index in [1.165, 1.54) is 30.8 Å². The molecule has 1 aromatic heterocycles. The Morgan fingerprint density at radius 3 is 2.52 bits per heavy atom. The summed E-state index contributed by atoms with van der Waals surface area (Å²) in [4.78, 5) is 15.2. The largest absolute Gasteiger partial charge is 0.329 e. The SMILES string of the molecule is C[C@@H](NC(=O)Nc1ccccc1)[C@@H](c1cccs1)[NH+]1CCCC1. The number of likely N-dealkylation sites (tertiary alicyclic amines) is 1. The molecule has 0 aliphatic carbocycles. The van der Waals surface area contributed by atoms with Gasteiger partial charge in [0.25, 0.3) is 0 Å². The highest BCUT2D eigenvalue weighted by molar-refractivity contribution is 7.10. The molecule has 0 unspecified atom stereocenters. The van der Waals surface area contributed by atoms with Crippen LogP contribution in [0.2, 0.25) is 0 Å². The minimum Gasteiger partial charge on any atom is -0.329 e. The molecule has 3 N–H and O–H groups in total. The van der Waals surface area contributed by atoms with Gasteiger partial charge in [-0.25, -0.2) is 4.79 Å². The van der Waals surface area contributed by atoms with E-state index >= 15 is 0 Å². The van der Waals surface area contributed by atoms with Crippen LogP contribution < -0.4 is 15.5 Å². The molecule has 1 aromatic carbocycles. The first kappa shape index (κ1) is 16.0. The summed E-state index contributed by atoms with van der Waals surface area (Å²) in [5.74, 6) is 0. The van der Waals surface area contributed by atoms with E-state index in [-0.39, 0.29) is 12.1 Å². The normalized spacial score (nSPS) is 17.6. The number of hydrogen-bond donors (Lipinski definition) is 3. The van der Waals surface area contributed by atoms with E-state index in [9.17, 15) is 4.79 Å². The maximum absolute atomic E-state index is 12.3. The van der Waals surface area contributed by atoms with Crippen molar-refractivity contribution in [2.45, 2.75) is 31.8 Å². The zero-order valence-corrected chi connectivity index (χ0v) is 14.2. The van der Waals surface area contributed by atoms with Gasteiger partial charge in [-0.1, -0.05) is 24.3 Å². The number of thiophene rings is 1. The van der Waals surface area contributed by atoms with Crippen LogP contribution >= 0.6 is 11.3 Å². The summed E-state index contributed by atoms with van der Waals surface area (Å²) >= 11 is 1.78. The Balaban J connectivity index is 1.66. The number of para-hydroxylation sites is 1. The second-order valence-corrected chi connectivity index (χ2v) is 7.09. The van der Waals surface area contributed by atoms with Crippen molar-refractivity contribution >= 4 is 23.1 Å². The van der Waals surface area contributed by atoms with Crippen LogP contribution in [0.5, 0.6) is 0 Å². The maximum Gasteiger partial charge on any atom is 0.319 e. The van der Waals surface area contributed by atoms with Crippen molar-refractivity contribution in [3.05, 3.63) is 52.7 Å². The molecule has 0 saturated carbocycles. The zero-order valence-electron chi connectivity index (χ0n) is 13.4. The third-order valence-electron chi connectivity index (χ3n) is 4.43. The molecule has 3 rings (SSSR count). The molecule has 23 heavy (non-hydrogen) atoms. The molecule has 2 atom stereocenters. The van der Waals surface area contributed by atoms with Gasteiger partial charge in [0.05, 0.1) is 24.0 Å². The second-order valence-electron chi connectivity index (χ2n) is 6.11. The van der Waals surface area contributed by atoms with Crippen LogP contribution in [-0.2, 0) is 0 Å². The highest BCUT2D eigenvalue weighted by Crippen LogP contribution is 2.21. The fourth-order valence-electron chi connectivity index (χ4n) is 3.39. The molecule has 1 aliphatic heterocycles. The van der Waals surface area contributed by atoms with Gasteiger partial charge in [-0.2, -0.15) is 0 Å². The predicted molar refractivity (Wildman–Crippen MR) is 95.0 cm³/mol. The molecule has 122 valence electrons. The summed E-state index contributed by atoms with van der Waals surface area (Å²) in [6.45, 7) is 4.49. The molecule has 0 bridgehead atoms. The monoisotopic (exact) mass is 330 g/mol. The minimum absolute atomic E-state index is 0.0884. The molecule has 5 heteroatoms. The van der Waals surface area contributed by atoms with Crippen molar-refractivity contribution in [1.29, 1.82) is 0 Å². The molecule has 1 aliphatic rings. The smallest absolute Gasteiger partial charge is 0.319 e. The van der Waals surface area contributed by atoms with E-state index in [1.807, 2.05) is 30.3 Å². The fraction of sp³-hybridized carbons (Fsp3) is 0.389. The van der Waals surface area contributed by atoms with Crippen molar-refractivity contribution in [3.63, 3.8) is 0 Å². The van der Waals surface area contributed by atoms with Crippen LogP contribution in [0.1, 0.15) is 30.7 Å². The molecule has 2 heterocycles. The Bertz CT molecular complexity index is 608. The summed E-state index contributed by atoms with van der Waals surface area (Å²) in [5, 5.41) is 8.16. The van der Waals surface area contributed by atoms with Crippen molar-refractivity contribution < 1.29 is 9.69 Å². The lowest BCUT2D eigenvalue weighted by Gasteiger charge is -2.29. The third kappa shape index (κ3) is 4.12. The van der Waals surface area contributed by atoms with Gasteiger partial charge in [-0.3, -0.25) is 0 Å². The van der Waals surface area contributed by atoms with Crippen LogP contribution in [0, 0.1) is 0 Å². The minimum atomic E-state index is -0.135. The first-order valence-electron chi connectivity index (χ1n) is 8.24. The number of carbonyl (C=O) groups excluding carboxylic acids is 1. The first-order chi connectivity index (χ1) is 11.2. The van der Waals surface area contributed by atoms with Crippen LogP contribution in [0.3, 0.4) is 0 Å². The number of carbonyl (C=O) groups is 1. The zero-order chi connectivity index (χ0) is 16.1. The Kier molecular flexibility index (Phi) is 5.31. The van der Waals surface area contributed by atoms with Crippen LogP contribution in [0.25, 0.3) is 0 Å². The Hall–Kier alpha value is -1.85. The van der Waals surface area contributed by atoms with Gasteiger partial charge in [-0.05, 0) is 30.5 Å². The Morgan fingerprint density at radius 2 is 1.87 bits per heavy atom. The number of urea groups is 1. The average Bonchev–Trinajstić information content (AvgIpc) is 3.22. The third-order valence-corrected chi connectivity index (χ3v) is 5.38. The van der Waals surface area contributed by atoms with Crippen molar-refractivity contribution in [1.82, 2.24) is 5.32 Å². The molecular formula is C18H24N3OS+. The van der Waals surface area contributed by atoms with Crippen LogP contribution in [0.4, 0.5) is 10.5 Å². The van der Waals surface area contributed by atoms with E-state index in [0.29, 0.717) is 6.04 Å². The maximum atomic E-state index is 12.3. The lowest BCUT2D eigenvalue weighted by molar-refractivity contribution is -0.920. The van der Waals surface area contributed by atoms with E-state index in [1.54, 1.807) is 16.2 Å². The molecular weight excluding hydrogens is 306 g/mol. The van der Waals surface area contributed by atoms with E-state index in [0.717, 1.165) is 5.69 Å². The predicted octanol–water partition coefficient (Wildman–Crippen LogP) is 2.68. The molecule has 2 aromatic rings. The molecule has 0 spiro atoms. The highest BCUT2D eigenvalue weighted by Gasteiger charge is 2.33. The topological polar surface area (TPSA) is 45.6 Å². The van der Waals surface area contributed by atoms with Crippen molar-refractivity contribution in [2.75, 3.05) is 18.4 Å². The average molecular weight is 330 g/mol. The summed E-state index contributed by atoms with van der Waals surface area (Å²) < 4.78 is 0. The molecule has 2 amide bonds. The summed E-state index contributed by atoms with van der Waals surface area (Å²) in [6, 6.07) is 14.1. The van der Waals surface area contributed by atoms with Crippen LogP contribution in [-0.4, -0.2) is 25.2 Å². The number of benzene rings is 1. The van der Waals surface area contributed by atoms with E-state index < -0.39 is 0 Å². The lowest BCUT2D eigenvalue weighted by Crippen LogP contribution is -3.11. The van der Waals surface area contributed by atoms with Crippen molar-refractivity contribution in [3.8, 4) is 0 Å². The number of amides is 2. The number of anilines is 1. The highest BCUT2D eigenvalue weighted by atomic mass is 32.1. The first-order valence-corrected chi connectivity index (χ1v) is 9.12.